The second-order valence-electron chi connectivity index (χ2n) is 8.70. The second kappa shape index (κ2) is 9.37. The zero-order valence-corrected chi connectivity index (χ0v) is 19.7. The third-order valence-electron chi connectivity index (χ3n) is 6.29. The number of nitrogens with one attached hydrogen (secondary N) is 1. The number of hydrogen-bond acceptors (Lipinski definition) is 4. The Bertz CT molecular complexity index is 1210. The Morgan fingerprint density at radius 1 is 1.15 bits per heavy atom. The van der Waals surface area contributed by atoms with E-state index in [1.165, 1.54) is 7.05 Å². The highest BCUT2D eigenvalue weighted by Gasteiger charge is 2.32. The van der Waals surface area contributed by atoms with E-state index in [2.05, 4.69) is 29.8 Å². The number of nitrogens with zero attached hydrogens (tertiary/aromatic N) is 3. The number of H-pyrrole nitrogens is 1. The largest absolute Gasteiger partial charge is 0.360 e. The number of aromatic amines is 1. The van der Waals surface area contributed by atoms with Crippen molar-refractivity contribution in [2.24, 2.45) is 0 Å². The number of benzene rings is 2. The lowest BCUT2D eigenvalue weighted by Crippen LogP contribution is -2.57. The minimum Gasteiger partial charge on any atom is -0.360 e. The van der Waals surface area contributed by atoms with Crippen molar-refractivity contribution in [1.82, 2.24) is 19.7 Å². The first kappa shape index (κ1) is 23.0. The van der Waals surface area contributed by atoms with Crippen molar-refractivity contribution in [2.75, 3.05) is 20.1 Å². The van der Waals surface area contributed by atoms with E-state index in [0.29, 0.717) is 29.5 Å². The summed E-state index contributed by atoms with van der Waals surface area (Å²) in [4.78, 5) is 45.2. The summed E-state index contributed by atoms with van der Waals surface area (Å²) in [5, 5.41) is 1.35. The third-order valence-corrected chi connectivity index (χ3v) is 6.52. The van der Waals surface area contributed by atoms with Crippen LogP contribution in [0.1, 0.15) is 40.1 Å². The van der Waals surface area contributed by atoms with Crippen LogP contribution < -0.4 is 0 Å². The summed E-state index contributed by atoms with van der Waals surface area (Å²) in [5.74, 6) is -0.487. The van der Waals surface area contributed by atoms with Gasteiger partial charge in [-0.15, -0.1) is 0 Å². The van der Waals surface area contributed by atoms with Crippen molar-refractivity contribution < 1.29 is 14.4 Å². The van der Waals surface area contributed by atoms with Gasteiger partial charge >= 0.3 is 0 Å². The first-order valence-electron chi connectivity index (χ1n) is 10.9. The molecule has 1 aliphatic rings. The molecule has 172 valence electrons. The van der Waals surface area contributed by atoms with Crippen molar-refractivity contribution in [2.45, 2.75) is 32.5 Å². The normalized spacial score (nSPS) is 19.0. The molecule has 3 aromatic rings. The number of halogens is 1. The molecule has 0 spiro atoms. The van der Waals surface area contributed by atoms with E-state index in [1.54, 1.807) is 24.4 Å². The molecule has 7 nitrogen and oxygen atoms in total. The van der Waals surface area contributed by atoms with Gasteiger partial charge in [0.25, 0.3) is 11.8 Å². The number of aromatic nitrogens is 1. The van der Waals surface area contributed by atoms with Gasteiger partial charge in [0.2, 0.25) is 6.41 Å². The van der Waals surface area contributed by atoms with E-state index in [1.807, 2.05) is 23.1 Å². The number of piperazine rings is 1. The number of amides is 3. The van der Waals surface area contributed by atoms with Gasteiger partial charge in [-0.1, -0.05) is 23.7 Å². The van der Waals surface area contributed by atoms with Gasteiger partial charge in [0.05, 0.1) is 5.56 Å². The van der Waals surface area contributed by atoms with Crippen molar-refractivity contribution in [3.63, 3.8) is 0 Å². The predicted octanol–water partition coefficient (Wildman–Crippen LogP) is 3.78. The summed E-state index contributed by atoms with van der Waals surface area (Å²) in [6, 6.07) is 13.4. The number of carbonyl (C=O) groups excluding carboxylic acids is 3. The van der Waals surface area contributed by atoms with Gasteiger partial charge < -0.3 is 9.88 Å². The average Bonchev–Trinajstić information content (AvgIpc) is 3.23. The van der Waals surface area contributed by atoms with Crippen LogP contribution in [0.4, 0.5) is 0 Å². The van der Waals surface area contributed by atoms with Gasteiger partial charge in [0.15, 0.2) is 0 Å². The Balaban J connectivity index is 1.53. The molecule has 0 aliphatic carbocycles. The minimum absolute atomic E-state index is 0.0251. The molecule has 8 heteroatoms. The first-order chi connectivity index (χ1) is 15.8. The van der Waals surface area contributed by atoms with Crippen molar-refractivity contribution in [3.05, 3.63) is 70.4 Å². The average molecular weight is 467 g/mol. The number of hydrogen-bond donors (Lipinski definition) is 1. The lowest BCUT2D eigenvalue weighted by Gasteiger charge is -2.44. The molecule has 2 aromatic carbocycles. The molecule has 1 N–H and O–H groups in total. The van der Waals surface area contributed by atoms with E-state index in [9.17, 15) is 14.4 Å². The van der Waals surface area contributed by atoms with Gasteiger partial charge in [0.1, 0.15) is 0 Å². The highest BCUT2D eigenvalue weighted by Crippen LogP contribution is 2.25. The number of rotatable bonds is 5. The molecule has 33 heavy (non-hydrogen) atoms. The molecule has 1 saturated heterocycles. The van der Waals surface area contributed by atoms with E-state index >= 15 is 0 Å². The zero-order valence-electron chi connectivity index (χ0n) is 18.9. The lowest BCUT2D eigenvalue weighted by atomic mass is 10.0. The van der Waals surface area contributed by atoms with Crippen LogP contribution in [0.3, 0.4) is 0 Å². The number of carbonyl (C=O) groups is 3. The fraction of sp³-hybridized carbons (Fsp3) is 0.320. The fourth-order valence-corrected chi connectivity index (χ4v) is 4.62. The summed E-state index contributed by atoms with van der Waals surface area (Å²) in [6.07, 6.45) is 2.04. The van der Waals surface area contributed by atoms with Crippen LogP contribution in [0.2, 0.25) is 5.02 Å². The summed E-state index contributed by atoms with van der Waals surface area (Å²) < 4.78 is 0. The quantitative estimate of drug-likeness (QED) is 0.580. The first-order valence-corrected chi connectivity index (χ1v) is 11.3. The molecule has 0 bridgehead atoms. The van der Waals surface area contributed by atoms with E-state index < -0.39 is 5.91 Å². The van der Waals surface area contributed by atoms with Gasteiger partial charge in [-0.05, 0) is 49.7 Å². The molecule has 2 unspecified atom stereocenters. The molecule has 3 amide bonds. The summed E-state index contributed by atoms with van der Waals surface area (Å²) in [6.45, 7) is 6.31. The molecule has 0 saturated carbocycles. The molecular weight excluding hydrogens is 440 g/mol. The fourth-order valence-electron chi connectivity index (χ4n) is 4.41. The molecule has 4 rings (SSSR count). The van der Waals surface area contributed by atoms with Crippen molar-refractivity contribution in [1.29, 1.82) is 0 Å². The van der Waals surface area contributed by atoms with Crippen LogP contribution in [0.15, 0.2) is 48.7 Å². The zero-order chi connectivity index (χ0) is 23.7. The maximum atomic E-state index is 13.4. The monoisotopic (exact) mass is 466 g/mol. The second-order valence-corrected chi connectivity index (χ2v) is 9.14. The molecular formula is C25H27ClN4O3. The maximum Gasteiger partial charge on any atom is 0.262 e. The molecule has 1 aromatic heterocycles. The highest BCUT2D eigenvalue weighted by atomic mass is 35.5. The highest BCUT2D eigenvalue weighted by molar-refractivity contribution is 6.30. The molecule has 1 aliphatic heterocycles. The lowest BCUT2D eigenvalue weighted by molar-refractivity contribution is -0.115. The Morgan fingerprint density at radius 2 is 1.94 bits per heavy atom. The molecule has 0 radical (unpaired) electrons. The summed E-state index contributed by atoms with van der Waals surface area (Å²) in [5.41, 5.74) is 2.77. The SMILES string of the molecule is CC1CN(C(=O)c2ccc3[nH]cc(C(=O)N(C)C=O)c3c2)C(C)CN1Cc1cccc(Cl)c1. The van der Waals surface area contributed by atoms with Crippen molar-refractivity contribution in [3.8, 4) is 0 Å². The van der Waals surface area contributed by atoms with E-state index in [-0.39, 0.29) is 18.0 Å². The molecule has 1 fully saturated rings. The summed E-state index contributed by atoms with van der Waals surface area (Å²) in [7, 11) is 1.41. The van der Waals surface area contributed by atoms with E-state index in [0.717, 1.165) is 34.1 Å². The smallest absolute Gasteiger partial charge is 0.262 e. The maximum absolute atomic E-state index is 13.4. The van der Waals surface area contributed by atoms with Gasteiger partial charge in [-0.3, -0.25) is 24.2 Å². The molecule has 2 atom stereocenters. The van der Waals surface area contributed by atoms with Crippen LogP contribution in [-0.4, -0.2) is 70.1 Å². The van der Waals surface area contributed by atoms with Gasteiger partial charge in [-0.2, -0.15) is 0 Å². The van der Waals surface area contributed by atoms with Crippen LogP contribution in [0.5, 0.6) is 0 Å². The van der Waals surface area contributed by atoms with Crippen LogP contribution in [-0.2, 0) is 11.3 Å². The Labute approximate surface area is 197 Å². The van der Waals surface area contributed by atoms with Crippen LogP contribution >= 0.6 is 11.6 Å². The number of imide groups is 1. The Morgan fingerprint density at radius 3 is 2.67 bits per heavy atom. The van der Waals surface area contributed by atoms with Crippen LogP contribution in [0, 0.1) is 0 Å². The Kier molecular flexibility index (Phi) is 6.54. The standard InChI is InChI=1S/C25H27ClN4O3/c1-16-13-30(17(2)12-29(16)14-18-5-4-6-20(26)9-18)24(32)19-7-8-23-21(10-19)22(11-27-23)25(33)28(3)15-31/h4-11,15-17,27H,12-14H2,1-3H3. The van der Waals surface area contributed by atoms with Gasteiger partial charge in [0, 0.05) is 66.5 Å². The van der Waals surface area contributed by atoms with Gasteiger partial charge in [-0.25, -0.2) is 0 Å². The predicted molar refractivity (Wildman–Crippen MR) is 128 cm³/mol. The topological polar surface area (TPSA) is 76.7 Å². The summed E-state index contributed by atoms with van der Waals surface area (Å²) >= 11 is 6.13. The number of fused-ring (bicyclic) bond motifs is 1. The Hall–Kier alpha value is -3.16. The van der Waals surface area contributed by atoms with Crippen molar-refractivity contribution >= 4 is 40.7 Å². The van der Waals surface area contributed by atoms with E-state index in [4.69, 9.17) is 11.6 Å². The molecule has 2 heterocycles. The minimum atomic E-state index is -0.419. The third kappa shape index (κ3) is 4.65. The van der Waals surface area contributed by atoms with Crippen LogP contribution in [0.25, 0.3) is 10.9 Å².